The van der Waals surface area contributed by atoms with E-state index in [9.17, 15) is 9.90 Å². The minimum Gasteiger partial charge on any atom is -0.383 e. The summed E-state index contributed by atoms with van der Waals surface area (Å²) >= 11 is 0. The molecule has 1 aliphatic carbocycles. The van der Waals surface area contributed by atoms with Crippen molar-refractivity contribution in [3.8, 4) is 0 Å². The third-order valence-corrected chi connectivity index (χ3v) is 6.43. The largest absolute Gasteiger partial charge is 0.383 e. The van der Waals surface area contributed by atoms with Crippen LogP contribution in [0.25, 0.3) is 0 Å². The summed E-state index contributed by atoms with van der Waals surface area (Å²) in [6.07, 6.45) is 3.10. The van der Waals surface area contributed by atoms with E-state index in [1.165, 1.54) is 0 Å². The van der Waals surface area contributed by atoms with Crippen molar-refractivity contribution in [1.29, 1.82) is 0 Å². The summed E-state index contributed by atoms with van der Waals surface area (Å²) in [7, 11) is 0. The van der Waals surface area contributed by atoms with Gasteiger partial charge >= 0.3 is 0 Å². The number of carbonyl (C=O) groups excluding carboxylic acids is 1. The molecule has 2 heterocycles. The number of ether oxygens (including phenoxy) is 1. The highest BCUT2D eigenvalue weighted by Gasteiger charge is 2.50. The van der Waals surface area contributed by atoms with Gasteiger partial charge < -0.3 is 20.5 Å². The van der Waals surface area contributed by atoms with Crippen LogP contribution in [0, 0.1) is 0 Å². The van der Waals surface area contributed by atoms with Gasteiger partial charge in [0.2, 0.25) is 5.91 Å². The van der Waals surface area contributed by atoms with Crippen molar-refractivity contribution in [3.05, 3.63) is 35.9 Å². The van der Waals surface area contributed by atoms with Crippen LogP contribution >= 0.6 is 0 Å². The molecule has 4 rings (SSSR count). The smallest absolute Gasteiger partial charge is 0.242 e. The van der Waals surface area contributed by atoms with Crippen LogP contribution in [0.4, 0.5) is 0 Å². The van der Waals surface area contributed by atoms with Gasteiger partial charge in [-0.3, -0.25) is 9.69 Å². The Kier molecular flexibility index (Phi) is 4.77. The van der Waals surface area contributed by atoms with Gasteiger partial charge in [-0.25, -0.2) is 0 Å². The van der Waals surface area contributed by atoms with Crippen molar-refractivity contribution in [3.63, 3.8) is 0 Å². The van der Waals surface area contributed by atoms with E-state index >= 15 is 0 Å². The molecule has 2 atom stereocenters. The first-order valence-electron chi connectivity index (χ1n) is 9.71. The van der Waals surface area contributed by atoms with Gasteiger partial charge in [-0.1, -0.05) is 30.3 Å². The van der Waals surface area contributed by atoms with Gasteiger partial charge in [0, 0.05) is 26.2 Å². The molecular weight excluding hydrogens is 330 g/mol. The van der Waals surface area contributed by atoms with Crippen LogP contribution < -0.4 is 5.73 Å². The molecule has 0 bridgehead atoms. The topological polar surface area (TPSA) is 79.0 Å². The molecule has 3 fully saturated rings. The van der Waals surface area contributed by atoms with Crippen LogP contribution in [-0.4, -0.2) is 71.8 Å². The van der Waals surface area contributed by atoms with E-state index in [1.54, 1.807) is 0 Å². The number of nitrogens with zero attached hydrogens (tertiary/aromatic N) is 2. The van der Waals surface area contributed by atoms with Crippen molar-refractivity contribution >= 4 is 5.91 Å². The Morgan fingerprint density at radius 3 is 2.42 bits per heavy atom. The predicted molar refractivity (Wildman–Crippen MR) is 98.5 cm³/mol. The Balaban J connectivity index is 1.60. The lowest BCUT2D eigenvalue weighted by Gasteiger charge is -2.52. The summed E-state index contributed by atoms with van der Waals surface area (Å²) in [4.78, 5) is 17.1. The van der Waals surface area contributed by atoms with Gasteiger partial charge in [0.05, 0.1) is 24.8 Å². The number of amides is 1. The van der Waals surface area contributed by atoms with Crippen molar-refractivity contribution in [2.24, 2.45) is 5.73 Å². The van der Waals surface area contributed by atoms with Gasteiger partial charge in [-0.2, -0.15) is 0 Å². The van der Waals surface area contributed by atoms with Crippen LogP contribution in [0.15, 0.2) is 30.3 Å². The number of hydrogen-bond acceptors (Lipinski definition) is 5. The number of piperidine rings is 1. The maximum absolute atomic E-state index is 13.0. The maximum atomic E-state index is 13.0. The zero-order valence-electron chi connectivity index (χ0n) is 15.3. The highest BCUT2D eigenvalue weighted by molar-refractivity contribution is 5.87. The van der Waals surface area contributed by atoms with E-state index in [-0.39, 0.29) is 11.9 Å². The third-order valence-electron chi connectivity index (χ3n) is 6.43. The average molecular weight is 359 g/mol. The first-order chi connectivity index (χ1) is 12.5. The normalized spacial score (nSPS) is 32.1. The van der Waals surface area contributed by atoms with Crippen molar-refractivity contribution in [2.75, 3.05) is 39.4 Å². The van der Waals surface area contributed by atoms with E-state index in [2.05, 4.69) is 4.90 Å². The van der Waals surface area contributed by atoms with E-state index < -0.39 is 11.1 Å². The standard InChI is InChI=1S/C20H29N3O3/c21-19(7-4-8-19)18(24)23-10-9-20(25,16-5-2-1-3-6-16)17(15-23)22-11-13-26-14-12-22/h1-3,5-6,17,25H,4,7-15,21H2/t17-,20+/m1/s1. The number of aliphatic hydroxyl groups is 1. The van der Waals surface area contributed by atoms with Crippen LogP contribution in [0.5, 0.6) is 0 Å². The van der Waals surface area contributed by atoms with Gasteiger partial charge in [0.1, 0.15) is 5.60 Å². The fraction of sp³-hybridized carbons (Fsp3) is 0.650. The molecule has 0 aromatic heterocycles. The highest BCUT2D eigenvalue weighted by atomic mass is 16.5. The van der Waals surface area contributed by atoms with Crippen LogP contribution in [0.2, 0.25) is 0 Å². The van der Waals surface area contributed by atoms with Crippen LogP contribution in [-0.2, 0) is 15.1 Å². The quantitative estimate of drug-likeness (QED) is 0.830. The lowest BCUT2D eigenvalue weighted by Crippen LogP contribution is -2.67. The van der Waals surface area contributed by atoms with E-state index in [4.69, 9.17) is 10.5 Å². The van der Waals surface area contributed by atoms with Crippen molar-refractivity contribution in [1.82, 2.24) is 9.80 Å². The summed E-state index contributed by atoms with van der Waals surface area (Å²) in [6.45, 7) is 3.94. The van der Waals surface area contributed by atoms with Gasteiger partial charge in [-0.05, 0) is 31.2 Å². The van der Waals surface area contributed by atoms with E-state index in [0.717, 1.165) is 37.9 Å². The molecule has 3 N–H and O–H groups in total. The number of morpholine rings is 1. The minimum absolute atomic E-state index is 0.0529. The molecule has 6 heteroatoms. The number of nitrogens with two attached hydrogens (primary N) is 1. The molecule has 0 radical (unpaired) electrons. The highest BCUT2D eigenvalue weighted by Crippen LogP contribution is 2.38. The Bertz CT molecular complexity index is 643. The number of hydrogen-bond donors (Lipinski definition) is 2. The summed E-state index contributed by atoms with van der Waals surface area (Å²) < 4.78 is 5.50. The zero-order chi connectivity index (χ0) is 18.2. The molecule has 142 valence electrons. The Morgan fingerprint density at radius 1 is 1.12 bits per heavy atom. The molecule has 6 nitrogen and oxygen atoms in total. The monoisotopic (exact) mass is 359 g/mol. The van der Waals surface area contributed by atoms with Gasteiger partial charge in [0.15, 0.2) is 0 Å². The number of benzene rings is 1. The fourth-order valence-corrected chi connectivity index (χ4v) is 4.56. The van der Waals surface area contributed by atoms with Crippen molar-refractivity contribution < 1.29 is 14.6 Å². The summed E-state index contributed by atoms with van der Waals surface area (Å²) in [5.41, 5.74) is 5.57. The average Bonchev–Trinajstić information content (AvgIpc) is 2.67. The first kappa shape index (κ1) is 17.9. The second kappa shape index (κ2) is 6.93. The SMILES string of the molecule is NC1(C(=O)N2CC[C@](O)(c3ccccc3)[C@H](N3CCOCC3)C2)CCC1. The van der Waals surface area contributed by atoms with Gasteiger partial charge in [0.25, 0.3) is 0 Å². The van der Waals surface area contributed by atoms with Crippen molar-refractivity contribution in [2.45, 2.75) is 42.9 Å². The molecule has 1 aromatic carbocycles. The molecule has 1 amide bonds. The molecule has 3 aliphatic rings. The molecule has 0 spiro atoms. The Labute approximate surface area is 154 Å². The number of likely N-dealkylation sites (tertiary alicyclic amines) is 1. The molecular formula is C20H29N3O3. The lowest BCUT2D eigenvalue weighted by atomic mass is 9.74. The zero-order valence-corrected chi connectivity index (χ0v) is 15.3. The van der Waals surface area contributed by atoms with Gasteiger partial charge in [-0.15, -0.1) is 0 Å². The molecule has 2 saturated heterocycles. The maximum Gasteiger partial charge on any atom is 0.242 e. The number of carbonyl (C=O) groups is 1. The Hall–Kier alpha value is -1.47. The van der Waals surface area contributed by atoms with E-state index in [1.807, 2.05) is 35.2 Å². The van der Waals surface area contributed by atoms with Crippen LogP contribution in [0.3, 0.4) is 0 Å². The fourth-order valence-electron chi connectivity index (χ4n) is 4.56. The third kappa shape index (κ3) is 3.05. The number of rotatable bonds is 3. The van der Waals surface area contributed by atoms with E-state index in [0.29, 0.717) is 32.7 Å². The second-order valence-corrected chi connectivity index (χ2v) is 7.97. The summed E-state index contributed by atoms with van der Waals surface area (Å²) in [6, 6.07) is 9.72. The summed E-state index contributed by atoms with van der Waals surface area (Å²) in [5.74, 6) is 0.0529. The lowest BCUT2D eigenvalue weighted by molar-refractivity contribution is -0.155. The molecule has 26 heavy (non-hydrogen) atoms. The molecule has 2 aliphatic heterocycles. The summed E-state index contributed by atoms with van der Waals surface area (Å²) in [5, 5.41) is 11.7. The molecule has 1 aromatic rings. The molecule has 0 unspecified atom stereocenters. The minimum atomic E-state index is -0.962. The Morgan fingerprint density at radius 2 is 1.81 bits per heavy atom. The predicted octanol–water partition coefficient (Wildman–Crippen LogP) is 0.689. The van der Waals surface area contributed by atoms with Crippen LogP contribution in [0.1, 0.15) is 31.2 Å². The second-order valence-electron chi connectivity index (χ2n) is 7.97. The molecule has 1 saturated carbocycles. The first-order valence-corrected chi connectivity index (χ1v) is 9.71.